The number of nitrogens with zero attached hydrogens (tertiary/aromatic N) is 3. The summed E-state index contributed by atoms with van der Waals surface area (Å²) in [5, 5.41) is 0. The minimum absolute atomic E-state index is 0.00399. The molecule has 0 radical (unpaired) electrons. The predicted molar refractivity (Wildman–Crippen MR) is 77.0 cm³/mol. The van der Waals surface area contributed by atoms with Crippen LogP contribution in [0.15, 0.2) is 12.3 Å². The van der Waals surface area contributed by atoms with E-state index in [1.165, 1.54) is 0 Å². The number of morpholine rings is 1. The van der Waals surface area contributed by atoms with Crippen LogP contribution in [-0.2, 0) is 16.6 Å². The van der Waals surface area contributed by atoms with E-state index in [0.29, 0.717) is 19.6 Å². The zero-order valence-corrected chi connectivity index (χ0v) is 12.8. The lowest BCUT2D eigenvalue weighted by molar-refractivity contribution is -0.158. The molecule has 114 valence electrons. The Bertz CT molecular complexity index is 595. The van der Waals surface area contributed by atoms with Gasteiger partial charge in [0.25, 0.3) is 5.91 Å². The molecule has 0 aromatic carbocycles. The third-order valence-corrected chi connectivity index (χ3v) is 4.67. The molecule has 1 spiro atoms. The number of amides is 2. The summed E-state index contributed by atoms with van der Waals surface area (Å²) in [6.07, 6.45) is 2.68. The monoisotopic (exact) mass is 291 g/mol. The van der Waals surface area contributed by atoms with Crippen molar-refractivity contribution < 1.29 is 14.3 Å². The van der Waals surface area contributed by atoms with Crippen molar-refractivity contribution >= 4 is 11.8 Å². The number of rotatable bonds is 1. The number of ether oxygens (including phenoxy) is 1. The van der Waals surface area contributed by atoms with Gasteiger partial charge in [0, 0.05) is 32.5 Å². The maximum absolute atomic E-state index is 12.6. The Morgan fingerprint density at radius 2 is 2.10 bits per heavy atom. The van der Waals surface area contributed by atoms with Crippen LogP contribution < -0.4 is 0 Å². The lowest BCUT2D eigenvalue weighted by Gasteiger charge is -2.38. The number of carbonyl (C=O) groups excluding carboxylic acids is 2. The van der Waals surface area contributed by atoms with Crippen LogP contribution in [-0.4, -0.2) is 65.1 Å². The molecule has 2 amide bonds. The maximum atomic E-state index is 12.6. The second kappa shape index (κ2) is 4.87. The Labute approximate surface area is 124 Å². The van der Waals surface area contributed by atoms with Gasteiger partial charge in [-0.3, -0.25) is 9.59 Å². The van der Waals surface area contributed by atoms with Crippen LogP contribution in [0.5, 0.6) is 0 Å². The minimum atomic E-state index is -0.388. The van der Waals surface area contributed by atoms with Gasteiger partial charge in [0.2, 0.25) is 5.91 Å². The van der Waals surface area contributed by atoms with E-state index in [4.69, 9.17) is 4.74 Å². The fourth-order valence-electron chi connectivity index (χ4n) is 3.16. The molecule has 0 bridgehead atoms. The molecule has 1 aromatic heterocycles. The molecule has 2 saturated heterocycles. The molecule has 3 rings (SSSR count). The van der Waals surface area contributed by atoms with Crippen molar-refractivity contribution in [2.75, 3.05) is 33.3 Å². The summed E-state index contributed by atoms with van der Waals surface area (Å²) in [6.45, 7) is 3.85. The Hall–Kier alpha value is -1.82. The minimum Gasteiger partial charge on any atom is -0.361 e. The van der Waals surface area contributed by atoms with Crippen LogP contribution in [0.1, 0.15) is 22.5 Å². The molecule has 0 N–H and O–H groups in total. The SMILES string of the molecule is Cc1c(C(=O)N2CC[C@]3(CN(C)C(=O)CO3)C2)ccn1C. The number of hydrogen-bond donors (Lipinski definition) is 0. The molecule has 0 unspecified atom stereocenters. The first-order valence-corrected chi connectivity index (χ1v) is 7.21. The van der Waals surface area contributed by atoms with Crippen molar-refractivity contribution in [3.63, 3.8) is 0 Å². The fourth-order valence-corrected chi connectivity index (χ4v) is 3.16. The molecule has 2 aliphatic rings. The molecular formula is C15H21N3O3. The van der Waals surface area contributed by atoms with Crippen molar-refractivity contribution in [1.82, 2.24) is 14.4 Å². The topological polar surface area (TPSA) is 54.8 Å². The average molecular weight is 291 g/mol. The number of hydrogen-bond acceptors (Lipinski definition) is 3. The van der Waals surface area contributed by atoms with E-state index < -0.39 is 0 Å². The zero-order valence-electron chi connectivity index (χ0n) is 12.8. The predicted octanol–water partition coefficient (Wildman–Crippen LogP) is 0.407. The van der Waals surface area contributed by atoms with Gasteiger partial charge in [-0.15, -0.1) is 0 Å². The molecule has 1 aromatic rings. The van der Waals surface area contributed by atoms with Crippen LogP contribution in [0.4, 0.5) is 0 Å². The summed E-state index contributed by atoms with van der Waals surface area (Å²) in [5.41, 5.74) is 1.33. The van der Waals surface area contributed by atoms with E-state index in [1.54, 1.807) is 11.9 Å². The van der Waals surface area contributed by atoms with Crippen molar-refractivity contribution in [3.8, 4) is 0 Å². The quantitative estimate of drug-likeness (QED) is 0.753. The first-order chi connectivity index (χ1) is 9.92. The highest BCUT2D eigenvalue weighted by atomic mass is 16.5. The molecule has 6 heteroatoms. The highest BCUT2D eigenvalue weighted by molar-refractivity contribution is 5.95. The van der Waals surface area contributed by atoms with Crippen LogP contribution >= 0.6 is 0 Å². The first-order valence-electron chi connectivity index (χ1n) is 7.21. The summed E-state index contributed by atoms with van der Waals surface area (Å²) >= 11 is 0. The van der Waals surface area contributed by atoms with E-state index in [1.807, 2.05) is 35.7 Å². The number of aromatic nitrogens is 1. The Balaban J connectivity index is 1.74. The summed E-state index contributed by atoms with van der Waals surface area (Å²) in [5.74, 6) is 0.0532. The summed E-state index contributed by atoms with van der Waals surface area (Å²) < 4.78 is 7.72. The first kappa shape index (κ1) is 14.1. The van der Waals surface area contributed by atoms with Gasteiger partial charge in [0.15, 0.2) is 0 Å². The number of likely N-dealkylation sites (tertiary alicyclic amines) is 1. The average Bonchev–Trinajstić information content (AvgIpc) is 3.00. The largest absolute Gasteiger partial charge is 0.361 e. The van der Waals surface area contributed by atoms with Crippen molar-refractivity contribution in [3.05, 3.63) is 23.5 Å². The molecule has 21 heavy (non-hydrogen) atoms. The van der Waals surface area contributed by atoms with Gasteiger partial charge in [-0.05, 0) is 19.4 Å². The highest BCUT2D eigenvalue weighted by Gasteiger charge is 2.45. The van der Waals surface area contributed by atoms with Gasteiger partial charge >= 0.3 is 0 Å². The fraction of sp³-hybridized carbons (Fsp3) is 0.600. The van der Waals surface area contributed by atoms with Crippen molar-refractivity contribution in [1.29, 1.82) is 0 Å². The third-order valence-electron chi connectivity index (χ3n) is 4.67. The molecule has 1 atom stereocenters. The maximum Gasteiger partial charge on any atom is 0.255 e. The number of carbonyl (C=O) groups is 2. The normalized spacial score (nSPS) is 26.0. The van der Waals surface area contributed by atoms with Gasteiger partial charge in [-0.1, -0.05) is 0 Å². The van der Waals surface area contributed by atoms with Gasteiger partial charge < -0.3 is 19.1 Å². The van der Waals surface area contributed by atoms with Crippen LogP contribution in [0.2, 0.25) is 0 Å². The van der Waals surface area contributed by atoms with Gasteiger partial charge in [-0.2, -0.15) is 0 Å². The summed E-state index contributed by atoms with van der Waals surface area (Å²) in [7, 11) is 3.72. The van der Waals surface area contributed by atoms with Crippen LogP contribution in [0.25, 0.3) is 0 Å². The highest BCUT2D eigenvalue weighted by Crippen LogP contribution is 2.30. The van der Waals surface area contributed by atoms with E-state index in [9.17, 15) is 9.59 Å². The van der Waals surface area contributed by atoms with Crippen molar-refractivity contribution in [2.24, 2.45) is 7.05 Å². The second-order valence-electron chi connectivity index (χ2n) is 6.12. The van der Waals surface area contributed by atoms with E-state index >= 15 is 0 Å². The molecule has 0 aliphatic carbocycles. The molecule has 0 saturated carbocycles. The van der Waals surface area contributed by atoms with E-state index in [0.717, 1.165) is 17.7 Å². The van der Waals surface area contributed by atoms with Gasteiger partial charge in [0.1, 0.15) is 12.2 Å². The third kappa shape index (κ3) is 2.33. The Morgan fingerprint density at radius 1 is 1.33 bits per heavy atom. The van der Waals surface area contributed by atoms with Gasteiger partial charge in [-0.25, -0.2) is 0 Å². The molecular weight excluding hydrogens is 270 g/mol. The Morgan fingerprint density at radius 3 is 2.71 bits per heavy atom. The zero-order chi connectivity index (χ0) is 15.2. The summed E-state index contributed by atoms with van der Waals surface area (Å²) in [4.78, 5) is 27.7. The lowest BCUT2D eigenvalue weighted by atomic mass is 10.0. The summed E-state index contributed by atoms with van der Waals surface area (Å²) in [6, 6.07) is 1.86. The van der Waals surface area contributed by atoms with Crippen LogP contribution in [0, 0.1) is 6.92 Å². The molecule has 2 fully saturated rings. The number of likely N-dealkylation sites (N-methyl/N-ethyl adjacent to an activating group) is 1. The van der Waals surface area contributed by atoms with Crippen molar-refractivity contribution in [2.45, 2.75) is 18.9 Å². The van der Waals surface area contributed by atoms with Crippen LogP contribution in [0.3, 0.4) is 0 Å². The smallest absolute Gasteiger partial charge is 0.255 e. The molecule has 2 aliphatic heterocycles. The second-order valence-corrected chi connectivity index (χ2v) is 6.12. The van der Waals surface area contributed by atoms with E-state index in [-0.39, 0.29) is 24.0 Å². The standard InChI is InChI=1S/C15H21N3O3/c1-11-12(4-6-16(11)2)14(20)18-7-5-15(10-18)9-17(3)13(19)8-21-15/h4,6H,5,7-10H2,1-3H3/t15-/m0/s1. The molecule has 6 nitrogen and oxygen atoms in total. The number of aryl methyl sites for hydroxylation is 1. The van der Waals surface area contributed by atoms with E-state index in [2.05, 4.69) is 0 Å². The Kier molecular flexibility index (Phi) is 3.28. The van der Waals surface area contributed by atoms with Gasteiger partial charge in [0.05, 0.1) is 18.7 Å². The molecule has 3 heterocycles. The lowest BCUT2D eigenvalue weighted by Crippen LogP contribution is -2.54.